The number of nitrogens with one attached hydrogen (secondary N) is 1. The molecule has 2 nitrogen and oxygen atoms in total. The van der Waals surface area contributed by atoms with Gasteiger partial charge in [0.25, 0.3) is 0 Å². The lowest BCUT2D eigenvalue weighted by atomic mass is 9.80. The number of thiophene rings is 1. The Kier molecular flexibility index (Phi) is 3.44. The molecule has 0 unspecified atom stereocenters. The number of hydrogen-bond acceptors (Lipinski definition) is 3. The molecule has 84 valence electrons. The van der Waals surface area contributed by atoms with Crippen molar-refractivity contribution in [3.63, 3.8) is 0 Å². The predicted molar refractivity (Wildman–Crippen MR) is 64.4 cm³/mol. The first-order chi connectivity index (χ1) is 7.26. The molecule has 0 radical (unpaired) electrons. The molecule has 0 aromatic carbocycles. The van der Waals surface area contributed by atoms with Crippen LogP contribution >= 0.6 is 11.3 Å². The predicted octanol–water partition coefficient (Wildman–Crippen LogP) is 2.72. The van der Waals surface area contributed by atoms with Crippen LogP contribution in [0.15, 0.2) is 11.4 Å². The Morgan fingerprint density at radius 1 is 1.53 bits per heavy atom. The van der Waals surface area contributed by atoms with Crippen molar-refractivity contribution >= 4 is 11.3 Å². The summed E-state index contributed by atoms with van der Waals surface area (Å²) < 4.78 is 5.56. The van der Waals surface area contributed by atoms with Gasteiger partial charge in [-0.15, -0.1) is 11.3 Å². The molecule has 0 saturated heterocycles. The summed E-state index contributed by atoms with van der Waals surface area (Å²) in [7, 11) is 1.83. The highest BCUT2D eigenvalue weighted by atomic mass is 32.1. The summed E-state index contributed by atoms with van der Waals surface area (Å²) in [6.07, 6.45) is 3.73. The fraction of sp³-hybridized carbons (Fsp3) is 0.667. The first kappa shape index (κ1) is 11.1. The zero-order chi connectivity index (χ0) is 10.7. The van der Waals surface area contributed by atoms with Crippen LogP contribution in [0.4, 0.5) is 0 Å². The van der Waals surface area contributed by atoms with Crippen LogP contribution in [-0.2, 0) is 11.3 Å². The van der Waals surface area contributed by atoms with Crippen LogP contribution in [0.25, 0.3) is 0 Å². The minimum Gasteiger partial charge on any atom is -0.377 e. The maximum atomic E-state index is 5.56. The van der Waals surface area contributed by atoms with Crippen LogP contribution in [0, 0.1) is 6.92 Å². The van der Waals surface area contributed by atoms with Crippen molar-refractivity contribution in [1.29, 1.82) is 0 Å². The molecule has 15 heavy (non-hydrogen) atoms. The van der Waals surface area contributed by atoms with Crippen molar-refractivity contribution in [1.82, 2.24) is 5.32 Å². The minimum atomic E-state index is 0.144. The van der Waals surface area contributed by atoms with E-state index < -0.39 is 0 Å². The molecule has 1 aliphatic carbocycles. The Balaban J connectivity index is 1.77. The summed E-state index contributed by atoms with van der Waals surface area (Å²) in [5, 5.41) is 5.66. The zero-order valence-corrected chi connectivity index (χ0v) is 10.3. The normalized spacial score (nSPS) is 18.8. The van der Waals surface area contributed by atoms with Gasteiger partial charge in [0.15, 0.2) is 0 Å². The van der Waals surface area contributed by atoms with Gasteiger partial charge in [-0.3, -0.25) is 0 Å². The Hall–Kier alpha value is -0.380. The van der Waals surface area contributed by atoms with Crippen LogP contribution in [0.3, 0.4) is 0 Å². The van der Waals surface area contributed by atoms with Crippen molar-refractivity contribution in [3.8, 4) is 0 Å². The molecule has 1 fully saturated rings. The quantitative estimate of drug-likeness (QED) is 0.832. The van der Waals surface area contributed by atoms with Gasteiger partial charge in [0, 0.05) is 25.1 Å². The zero-order valence-electron chi connectivity index (χ0n) is 9.51. The highest BCUT2D eigenvalue weighted by Gasteiger charge is 2.36. The molecule has 1 saturated carbocycles. The van der Waals surface area contributed by atoms with Gasteiger partial charge in [0.1, 0.15) is 0 Å². The molecular weight excluding hydrogens is 206 g/mol. The molecule has 2 rings (SSSR count). The lowest BCUT2D eigenvalue weighted by molar-refractivity contribution is -0.0695. The van der Waals surface area contributed by atoms with E-state index in [-0.39, 0.29) is 5.60 Å². The Bertz CT molecular complexity index is 312. The van der Waals surface area contributed by atoms with Crippen molar-refractivity contribution in [2.75, 3.05) is 13.7 Å². The van der Waals surface area contributed by atoms with Crippen LogP contribution in [-0.4, -0.2) is 19.3 Å². The van der Waals surface area contributed by atoms with Gasteiger partial charge < -0.3 is 10.1 Å². The number of aryl methyl sites for hydroxylation is 1. The summed E-state index contributed by atoms with van der Waals surface area (Å²) in [6, 6.07) is 2.18. The first-order valence-corrected chi connectivity index (χ1v) is 6.43. The van der Waals surface area contributed by atoms with E-state index >= 15 is 0 Å². The van der Waals surface area contributed by atoms with Gasteiger partial charge in [-0.25, -0.2) is 0 Å². The summed E-state index contributed by atoms with van der Waals surface area (Å²) in [5.74, 6) is 0. The van der Waals surface area contributed by atoms with Crippen molar-refractivity contribution < 1.29 is 4.74 Å². The molecule has 1 heterocycles. The lowest BCUT2D eigenvalue weighted by Gasteiger charge is -2.40. The fourth-order valence-electron chi connectivity index (χ4n) is 2.01. The molecule has 0 atom stereocenters. The van der Waals surface area contributed by atoms with Crippen LogP contribution in [0.5, 0.6) is 0 Å². The second kappa shape index (κ2) is 4.64. The summed E-state index contributed by atoms with van der Waals surface area (Å²) in [5.41, 5.74) is 1.54. The van der Waals surface area contributed by atoms with Crippen LogP contribution < -0.4 is 5.32 Å². The highest BCUT2D eigenvalue weighted by molar-refractivity contribution is 7.10. The molecule has 0 spiro atoms. The van der Waals surface area contributed by atoms with E-state index in [0.717, 1.165) is 13.1 Å². The second-order valence-electron chi connectivity index (χ2n) is 4.37. The van der Waals surface area contributed by atoms with Crippen molar-refractivity contribution in [2.24, 2.45) is 0 Å². The topological polar surface area (TPSA) is 21.3 Å². The molecular formula is C12H19NOS. The maximum Gasteiger partial charge on any atom is 0.0802 e. The van der Waals surface area contributed by atoms with Crippen molar-refractivity contribution in [3.05, 3.63) is 21.9 Å². The third kappa shape index (κ3) is 2.41. The monoisotopic (exact) mass is 225 g/mol. The number of rotatable bonds is 5. The first-order valence-electron chi connectivity index (χ1n) is 5.55. The van der Waals surface area contributed by atoms with Gasteiger partial charge in [-0.1, -0.05) is 0 Å². The van der Waals surface area contributed by atoms with Crippen LogP contribution in [0.2, 0.25) is 0 Å². The van der Waals surface area contributed by atoms with E-state index in [1.165, 1.54) is 29.7 Å². The molecule has 0 aliphatic heterocycles. The molecule has 3 heteroatoms. The average Bonchev–Trinajstić information content (AvgIpc) is 2.57. The maximum absolute atomic E-state index is 5.56. The second-order valence-corrected chi connectivity index (χ2v) is 5.37. The molecule has 1 aromatic heterocycles. The molecule has 1 aromatic rings. The van der Waals surface area contributed by atoms with Gasteiger partial charge in [-0.2, -0.15) is 0 Å². The summed E-state index contributed by atoms with van der Waals surface area (Å²) >= 11 is 1.83. The minimum absolute atomic E-state index is 0.144. The van der Waals surface area contributed by atoms with Crippen LogP contribution in [0.1, 0.15) is 29.7 Å². The van der Waals surface area contributed by atoms with E-state index in [1.54, 1.807) is 0 Å². The molecule has 0 amide bonds. The van der Waals surface area contributed by atoms with E-state index in [0.29, 0.717) is 0 Å². The molecule has 1 N–H and O–H groups in total. The van der Waals surface area contributed by atoms with Gasteiger partial charge in [-0.05, 0) is 43.2 Å². The third-order valence-corrected chi connectivity index (χ3v) is 4.42. The summed E-state index contributed by atoms with van der Waals surface area (Å²) in [6.45, 7) is 4.14. The smallest absolute Gasteiger partial charge is 0.0802 e. The van der Waals surface area contributed by atoms with E-state index in [1.807, 2.05) is 18.4 Å². The standard InChI is InChI=1S/C12H19NOS/c1-10-4-7-15-11(10)8-13-9-12(14-2)5-3-6-12/h4,7,13H,3,5-6,8-9H2,1-2H3. The average molecular weight is 225 g/mol. The number of methoxy groups -OCH3 is 1. The number of ether oxygens (including phenoxy) is 1. The highest BCUT2D eigenvalue weighted by Crippen LogP contribution is 2.34. The molecule has 0 bridgehead atoms. The SMILES string of the molecule is COC1(CNCc2sccc2C)CCC1. The summed E-state index contributed by atoms with van der Waals surface area (Å²) in [4.78, 5) is 1.44. The van der Waals surface area contributed by atoms with Gasteiger partial charge in [0.05, 0.1) is 5.60 Å². The van der Waals surface area contributed by atoms with E-state index in [2.05, 4.69) is 23.7 Å². The third-order valence-electron chi connectivity index (χ3n) is 3.40. The van der Waals surface area contributed by atoms with Crippen molar-refractivity contribution in [2.45, 2.75) is 38.3 Å². The largest absolute Gasteiger partial charge is 0.377 e. The lowest BCUT2D eigenvalue weighted by Crippen LogP contribution is -2.47. The fourth-order valence-corrected chi connectivity index (χ4v) is 2.89. The number of hydrogen-bond donors (Lipinski definition) is 1. The van der Waals surface area contributed by atoms with E-state index in [9.17, 15) is 0 Å². The van der Waals surface area contributed by atoms with Gasteiger partial charge in [0.2, 0.25) is 0 Å². The van der Waals surface area contributed by atoms with Gasteiger partial charge >= 0.3 is 0 Å². The Morgan fingerprint density at radius 2 is 2.33 bits per heavy atom. The van der Waals surface area contributed by atoms with E-state index in [4.69, 9.17) is 4.74 Å². The Morgan fingerprint density at radius 3 is 2.80 bits per heavy atom. The Labute approximate surface area is 95.6 Å². The molecule has 1 aliphatic rings.